The van der Waals surface area contributed by atoms with E-state index in [-0.39, 0.29) is 5.56 Å². The Balaban J connectivity index is 2.23. The van der Waals surface area contributed by atoms with Gasteiger partial charge in [-0.25, -0.2) is 0 Å². The Bertz CT molecular complexity index is 652. The topological polar surface area (TPSA) is 46.9 Å². The predicted octanol–water partition coefficient (Wildman–Crippen LogP) is 3.33. The number of amides is 1. The Morgan fingerprint density at radius 3 is 2.39 bits per heavy atom. The average molecular weight is 325 g/mol. The summed E-state index contributed by atoms with van der Waals surface area (Å²) in [6.07, 6.45) is -1.81. The molecule has 0 radical (unpaired) electrons. The van der Waals surface area contributed by atoms with Crippen LogP contribution < -0.4 is 5.32 Å². The lowest BCUT2D eigenvalue weighted by molar-refractivity contribution is -0.164. The molecule has 1 aromatic heterocycles. The second-order valence-electron chi connectivity index (χ2n) is 5.30. The van der Waals surface area contributed by atoms with Crippen LogP contribution in [0.2, 0.25) is 0 Å². The van der Waals surface area contributed by atoms with Crippen LogP contribution in [0.3, 0.4) is 0 Å². The Morgan fingerprint density at radius 2 is 1.91 bits per heavy atom. The number of carbonyl (C=O) groups excluding carboxylic acids is 1. The smallest absolute Gasteiger partial charge is 0.340 e. The van der Waals surface area contributed by atoms with Gasteiger partial charge in [-0.05, 0) is 12.0 Å². The second-order valence-corrected chi connectivity index (χ2v) is 5.30. The number of aryl methyl sites for hydroxylation is 1. The highest BCUT2D eigenvalue weighted by Crippen LogP contribution is 2.33. The summed E-state index contributed by atoms with van der Waals surface area (Å²) in [7, 11) is 1.53. The molecule has 1 heterocycles. The number of alkyl halides is 3. The maximum absolute atomic E-state index is 13.3. The van der Waals surface area contributed by atoms with E-state index in [1.807, 2.05) is 0 Å². The maximum atomic E-state index is 13.3. The lowest BCUT2D eigenvalue weighted by Crippen LogP contribution is -2.40. The van der Waals surface area contributed by atoms with Crippen LogP contribution in [0.25, 0.3) is 0 Å². The van der Waals surface area contributed by atoms with Gasteiger partial charge in [0, 0.05) is 18.8 Å². The number of hydrogen-bond acceptors (Lipinski definition) is 2. The molecule has 23 heavy (non-hydrogen) atoms. The van der Waals surface area contributed by atoms with Gasteiger partial charge in [-0.1, -0.05) is 37.3 Å². The van der Waals surface area contributed by atoms with Gasteiger partial charge < -0.3 is 5.32 Å². The molecule has 0 fully saturated rings. The molecular weight excluding hydrogens is 307 g/mol. The van der Waals surface area contributed by atoms with Crippen molar-refractivity contribution in [2.45, 2.75) is 31.5 Å². The highest BCUT2D eigenvalue weighted by molar-refractivity contribution is 5.84. The Labute approximate surface area is 132 Å². The minimum atomic E-state index is -4.59. The van der Waals surface area contributed by atoms with Crippen molar-refractivity contribution in [1.82, 2.24) is 15.1 Å². The minimum Gasteiger partial charge on any atom is -0.340 e. The first kappa shape index (κ1) is 17.1. The van der Waals surface area contributed by atoms with E-state index in [4.69, 9.17) is 0 Å². The molecule has 2 aromatic rings. The van der Waals surface area contributed by atoms with E-state index in [1.54, 1.807) is 37.3 Å². The number of benzene rings is 1. The summed E-state index contributed by atoms with van der Waals surface area (Å²) in [4.78, 5) is 12.4. The molecule has 0 aliphatic rings. The zero-order chi connectivity index (χ0) is 17.0. The van der Waals surface area contributed by atoms with Crippen LogP contribution in [0.15, 0.2) is 42.7 Å². The van der Waals surface area contributed by atoms with Crippen LogP contribution in [0.1, 0.15) is 36.4 Å². The highest BCUT2D eigenvalue weighted by Gasteiger charge is 2.43. The number of rotatable bonds is 5. The fourth-order valence-corrected chi connectivity index (χ4v) is 2.44. The molecule has 124 valence electrons. The molecule has 0 aliphatic carbocycles. The third-order valence-corrected chi connectivity index (χ3v) is 3.60. The molecule has 0 aliphatic heterocycles. The second kappa shape index (κ2) is 6.85. The summed E-state index contributed by atoms with van der Waals surface area (Å²) in [5.74, 6) is -1.28. The summed E-state index contributed by atoms with van der Waals surface area (Å²) >= 11 is 0. The first-order chi connectivity index (χ1) is 10.8. The van der Waals surface area contributed by atoms with Crippen LogP contribution in [0.4, 0.5) is 13.2 Å². The molecule has 0 spiro atoms. The fourth-order valence-electron chi connectivity index (χ4n) is 2.44. The van der Waals surface area contributed by atoms with Crippen LogP contribution in [0, 0.1) is 0 Å². The molecule has 0 bridgehead atoms. The lowest BCUT2D eigenvalue weighted by Gasteiger charge is -2.23. The van der Waals surface area contributed by atoms with E-state index in [0.717, 1.165) is 6.20 Å². The number of aromatic nitrogens is 2. The quantitative estimate of drug-likeness (QED) is 0.916. The van der Waals surface area contributed by atoms with Crippen LogP contribution in [-0.4, -0.2) is 21.9 Å². The molecule has 0 saturated heterocycles. The number of halogens is 3. The summed E-state index contributed by atoms with van der Waals surface area (Å²) in [6, 6.07) is 6.71. The van der Waals surface area contributed by atoms with Crippen molar-refractivity contribution in [2.75, 3.05) is 0 Å². The van der Waals surface area contributed by atoms with E-state index in [0.29, 0.717) is 12.0 Å². The predicted molar refractivity (Wildman–Crippen MR) is 79.6 cm³/mol. The molecule has 2 rings (SSSR count). The van der Waals surface area contributed by atoms with Crippen molar-refractivity contribution in [2.24, 2.45) is 7.05 Å². The molecule has 1 amide bonds. The van der Waals surface area contributed by atoms with Gasteiger partial charge in [0.05, 0.1) is 12.1 Å². The van der Waals surface area contributed by atoms with E-state index < -0.39 is 24.0 Å². The summed E-state index contributed by atoms with van der Waals surface area (Å²) in [5, 5.41) is 5.87. The van der Waals surface area contributed by atoms with Gasteiger partial charge in [0.2, 0.25) is 5.91 Å². The molecule has 1 aromatic carbocycles. The van der Waals surface area contributed by atoms with Gasteiger partial charge in [0.1, 0.15) is 0 Å². The number of nitrogens with one attached hydrogen (secondary N) is 1. The van der Waals surface area contributed by atoms with Crippen LogP contribution in [0.5, 0.6) is 0 Å². The normalized spacial score (nSPS) is 14.3. The van der Waals surface area contributed by atoms with E-state index in [2.05, 4.69) is 10.4 Å². The zero-order valence-corrected chi connectivity index (χ0v) is 12.8. The van der Waals surface area contributed by atoms with Crippen molar-refractivity contribution in [3.8, 4) is 0 Å². The monoisotopic (exact) mass is 325 g/mol. The first-order valence-corrected chi connectivity index (χ1v) is 7.23. The van der Waals surface area contributed by atoms with Gasteiger partial charge in [0.15, 0.2) is 6.04 Å². The van der Waals surface area contributed by atoms with Crippen molar-refractivity contribution in [3.63, 3.8) is 0 Å². The lowest BCUT2D eigenvalue weighted by atomic mass is 9.95. The molecule has 1 N–H and O–H groups in total. The molecule has 2 atom stereocenters. The number of carbonyl (C=O) groups is 1. The van der Waals surface area contributed by atoms with Crippen molar-refractivity contribution in [1.29, 1.82) is 0 Å². The number of nitrogens with zero attached hydrogens (tertiary/aromatic N) is 2. The van der Waals surface area contributed by atoms with E-state index in [9.17, 15) is 18.0 Å². The van der Waals surface area contributed by atoms with Gasteiger partial charge in [-0.3, -0.25) is 9.48 Å². The maximum Gasteiger partial charge on any atom is 0.412 e. The summed E-state index contributed by atoms with van der Waals surface area (Å²) < 4.78 is 41.2. The third kappa shape index (κ3) is 4.12. The number of hydrogen-bond donors (Lipinski definition) is 1. The van der Waals surface area contributed by atoms with Gasteiger partial charge in [-0.2, -0.15) is 18.3 Å². The van der Waals surface area contributed by atoms with Crippen molar-refractivity contribution in [3.05, 3.63) is 53.9 Å². The van der Waals surface area contributed by atoms with Crippen molar-refractivity contribution >= 4 is 5.91 Å². The standard InChI is InChI=1S/C16H18F3N3O/c1-3-13(11-7-5-4-6-8-11)15(23)21-14(16(17,18)19)12-9-20-22(2)10-12/h4-10,13-14H,3H2,1-2H3,(H,21,23)/t13-,14+/m1/s1. The third-order valence-electron chi connectivity index (χ3n) is 3.60. The van der Waals surface area contributed by atoms with Gasteiger partial charge in [-0.15, -0.1) is 0 Å². The van der Waals surface area contributed by atoms with E-state index in [1.165, 1.54) is 17.9 Å². The molecular formula is C16H18F3N3O. The van der Waals surface area contributed by atoms with Crippen LogP contribution in [-0.2, 0) is 11.8 Å². The van der Waals surface area contributed by atoms with Crippen molar-refractivity contribution < 1.29 is 18.0 Å². The molecule has 7 heteroatoms. The minimum absolute atomic E-state index is 0.0868. The Kier molecular flexibility index (Phi) is 5.08. The fraction of sp³-hybridized carbons (Fsp3) is 0.375. The van der Waals surface area contributed by atoms with Gasteiger partial charge >= 0.3 is 6.18 Å². The summed E-state index contributed by atoms with van der Waals surface area (Å²) in [6.45, 7) is 1.77. The Morgan fingerprint density at radius 1 is 1.26 bits per heavy atom. The Hall–Kier alpha value is -2.31. The first-order valence-electron chi connectivity index (χ1n) is 7.23. The van der Waals surface area contributed by atoms with Gasteiger partial charge in [0.25, 0.3) is 0 Å². The molecule has 4 nitrogen and oxygen atoms in total. The molecule has 0 unspecified atom stereocenters. The SMILES string of the molecule is CC[C@@H](C(=O)N[C@@H](c1cnn(C)c1)C(F)(F)F)c1ccccc1. The highest BCUT2D eigenvalue weighted by atomic mass is 19.4. The molecule has 0 saturated carbocycles. The largest absolute Gasteiger partial charge is 0.412 e. The van der Waals surface area contributed by atoms with E-state index >= 15 is 0 Å². The summed E-state index contributed by atoms with van der Waals surface area (Å²) in [5.41, 5.74) is 0.607. The van der Waals surface area contributed by atoms with Crippen LogP contribution >= 0.6 is 0 Å². The average Bonchev–Trinajstić information content (AvgIpc) is 2.91. The zero-order valence-electron chi connectivity index (χ0n) is 12.8.